The lowest BCUT2D eigenvalue weighted by Gasteiger charge is -2.28. The van der Waals surface area contributed by atoms with Crippen LogP contribution < -0.4 is 15.4 Å². The lowest BCUT2D eigenvalue weighted by atomic mass is 10.1. The highest BCUT2D eigenvalue weighted by molar-refractivity contribution is 5.83. The zero-order valence-corrected chi connectivity index (χ0v) is 16.5. The molecule has 1 aromatic heterocycles. The predicted octanol–water partition coefficient (Wildman–Crippen LogP) is 5.12. The molecule has 0 spiro atoms. The van der Waals surface area contributed by atoms with Gasteiger partial charge in [0.2, 0.25) is 5.88 Å². The fourth-order valence-electron chi connectivity index (χ4n) is 3.18. The fourth-order valence-corrected chi connectivity index (χ4v) is 3.18. The highest BCUT2D eigenvalue weighted by Gasteiger charge is 2.18. The Morgan fingerprint density at radius 3 is 2.26 bits per heavy atom. The summed E-state index contributed by atoms with van der Waals surface area (Å²) in [4.78, 5) is 10.9. The number of hydrogen-bond donors (Lipinski definition) is 1. The van der Waals surface area contributed by atoms with Gasteiger partial charge in [-0.2, -0.15) is 4.98 Å². The summed E-state index contributed by atoms with van der Waals surface area (Å²) in [6.07, 6.45) is 1.52. The zero-order valence-electron chi connectivity index (χ0n) is 16.5. The summed E-state index contributed by atoms with van der Waals surface area (Å²) in [7, 11) is 0. The van der Waals surface area contributed by atoms with Crippen LogP contribution in [-0.2, 0) is 0 Å². The lowest BCUT2D eigenvalue weighted by molar-refractivity contribution is 0.464. The molecule has 0 amide bonds. The number of benzene rings is 2. The monoisotopic (exact) mass is 364 g/mol. The molecule has 2 N–H and O–H groups in total. The van der Waals surface area contributed by atoms with Crippen molar-refractivity contribution in [2.75, 3.05) is 23.7 Å². The van der Waals surface area contributed by atoms with Gasteiger partial charge in [-0.25, -0.2) is 4.98 Å². The van der Waals surface area contributed by atoms with E-state index in [1.54, 1.807) is 0 Å². The smallest absolute Gasteiger partial charge is 0.248 e. The Hall–Kier alpha value is -2.82. The van der Waals surface area contributed by atoms with Gasteiger partial charge in [0, 0.05) is 13.1 Å². The van der Waals surface area contributed by atoms with Crippen LogP contribution in [0.4, 0.5) is 11.5 Å². The van der Waals surface area contributed by atoms with Gasteiger partial charge in [-0.15, -0.1) is 0 Å². The number of nitrogens with zero attached hydrogens (tertiary/aromatic N) is 3. The summed E-state index contributed by atoms with van der Waals surface area (Å²) < 4.78 is 6.02. The highest BCUT2D eigenvalue weighted by atomic mass is 16.5. The van der Waals surface area contributed by atoms with Crippen molar-refractivity contribution in [3.63, 3.8) is 0 Å². The van der Waals surface area contributed by atoms with Gasteiger partial charge >= 0.3 is 0 Å². The van der Waals surface area contributed by atoms with Crippen molar-refractivity contribution < 1.29 is 4.74 Å². The molecule has 1 heterocycles. The molecule has 0 aliphatic carbocycles. The molecule has 0 fully saturated rings. The van der Waals surface area contributed by atoms with E-state index in [1.807, 2.05) is 30.3 Å². The Kier molecular flexibility index (Phi) is 5.79. The van der Waals surface area contributed by atoms with Crippen molar-refractivity contribution in [2.24, 2.45) is 11.8 Å². The Morgan fingerprint density at radius 2 is 1.59 bits per heavy atom. The van der Waals surface area contributed by atoms with E-state index in [0.29, 0.717) is 29.2 Å². The summed E-state index contributed by atoms with van der Waals surface area (Å²) >= 11 is 0. The topological polar surface area (TPSA) is 64.3 Å². The van der Waals surface area contributed by atoms with Crippen LogP contribution in [0.2, 0.25) is 0 Å². The average Bonchev–Trinajstić information content (AvgIpc) is 2.62. The molecule has 2 aromatic carbocycles. The second-order valence-electron chi connectivity index (χ2n) is 7.72. The van der Waals surface area contributed by atoms with E-state index in [2.05, 4.69) is 54.7 Å². The SMILES string of the molecule is CC(C)CN(CC(C)C)c1ncnc(Oc2ccc3ccccc3c2)c1N. The second kappa shape index (κ2) is 8.25. The molecule has 0 saturated carbocycles. The molecular weight excluding hydrogens is 336 g/mol. The third-order valence-electron chi connectivity index (χ3n) is 4.23. The van der Waals surface area contributed by atoms with Crippen molar-refractivity contribution >= 4 is 22.3 Å². The maximum Gasteiger partial charge on any atom is 0.248 e. The third-order valence-corrected chi connectivity index (χ3v) is 4.23. The van der Waals surface area contributed by atoms with Crippen molar-refractivity contribution in [3.05, 3.63) is 48.8 Å². The number of nitrogens with two attached hydrogens (primary N) is 1. The van der Waals surface area contributed by atoms with Crippen molar-refractivity contribution in [2.45, 2.75) is 27.7 Å². The molecule has 142 valence electrons. The number of ether oxygens (including phenoxy) is 1. The molecule has 5 heteroatoms. The zero-order chi connectivity index (χ0) is 19.4. The molecule has 0 radical (unpaired) electrons. The number of hydrogen-bond acceptors (Lipinski definition) is 5. The van der Waals surface area contributed by atoms with Gasteiger partial charge in [-0.3, -0.25) is 0 Å². The second-order valence-corrected chi connectivity index (χ2v) is 7.72. The van der Waals surface area contributed by atoms with Gasteiger partial charge in [0.25, 0.3) is 0 Å². The Morgan fingerprint density at radius 1 is 0.926 bits per heavy atom. The first-order valence-corrected chi connectivity index (χ1v) is 9.46. The number of nitrogen functional groups attached to an aromatic ring is 1. The summed E-state index contributed by atoms with van der Waals surface area (Å²) in [5.74, 6) is 2.85. The first-order chi connectivity index (χ1) is 12.9. The normalized spacial score (nSPS) is 11.3. The van der Waals surface area contributed by atoms with E-state index in [1.165, 1.54) is 11.7 Å². The van der Waals surface area contributed by atoms with Crippen LogP contribution in [0.1, 0.15) is 27.7 Å². The largest absolute Gasteiger partial charge is 0.437 e. The summed E-state index contributed by atoms with van der Waals surface area (Å²) in [5.41, 5.74) is 6.88. The number of rotatable bonds is 7. The number of anilines is 2. The molecule has 0 unspecified atom stereocenters. The molecule has 0 aliphatic rings. The van der Waals surface area contributed by atoms with Crippen LogP contribution in [0.5, 0.6) is 11.6 Å². The quantitative estimate of drug-likeness (QED) is 0.630. The first-order valence-electron chi connectivity index (χ1n) is 9.46. The molecule has 27 heavy (non-hydrogen) atoms. The highest BCUT2D eigenvalue weighted by Crippen LogP contribution is 2.33. The maximum absolute atomic E-state index is 6.40. The van der Waals surface area contributed by atoms with Crippen molar-refractivity contribution in [1.29, 1.82) is 0 Å². The molecule has 0 aliphatic heterocycles. The van der Waals surface area contributed by atoms with E-state index in [9.17, 15) is 0 Å². The van der Waals surface area contributed by atoms with Gasteiger partial charge in [-0.05, 0) is 34.7 Å². The van der Waals surface area contributed by atoms with Crippen LogP contribution in [0.3, 0.4) is 0 Å². The van der Waals surface area contributed by atoms with E-state index in [4.69, 9.17) is 10.5 Å². The minimum Gasteiger partial charge on any atom is -0.437 e. The third kappa shape index (κ3) is 4.67. The van der Waals surface area contributed by atoms with Crippen molar-refractivity contribution in [1.82, 2.24) is 9.97 Å². The van der Waals surface area contributed by atoms with Crippen LogP contribution in [0.15, 0.2) is 48.8 Å². The lowest BCUT2D eigenvalue weighted by Crippen LogP contribution is -2.32. The van der Waals surface area contributed by atoms with Crippen LogP contribution in [0.25, 0.3) is 10.8 Å². The van der Waals surface area contributed by atoms with E-state index in [-0.39, 0.29) is 0 Å². The summed E-state index contributed by atoms with van der Waals surface area (Å²) in [6.45, 7) is 10.5. The molecule has 0 saturated heterocycles. The van der Waals surface area contributed by atoms with E-state index in [0.717, 1.165) is 24.3 Å². The summed E-state index contributed by atoms with van der Waals surface area (Å²) in [6, 6.07) is 14.1. The van der Waals surface area contributed by atoms with Gasteiger partial charge in [-0.1, -0.05) is 58.0 Å². The molecule has 3 rings (SSSR count). The predicted molar refractivity (Wildman–Crippen MR) is 112 cm³/mol. The van der Waals surface area contributed by atoms with Crippen molar-refractivity contribution in [3.8, 4) is 11.6 Å². The number of aromatic nitrogens is 2. The van der Waals surface area contributed by atoms with Gasteiger partial charge in [0.1, 0.15) is 17.8 Å². The van der Waals surface area contributed by atoms with Gasteiger partial charge < -0.3 is 15.4 Å². The molecule has 0 atom stereocenters. The van der Waals surface area contributed by atoms with Gasteiger partial charge in [0.15, 0.2) is 5.82 Å². The van der Waals surface area contributed by atoms with Crippen LogP contribution >= 0.6 is 0 Å². The standard InChI is InChI=1S/C22H28N4O/c1-15(2)12-26(13-16(3)4)21-20(23)22(25-14-24-21)27-19-10-9-17-7-5-6-8-18(17)11-19/h5-11,14-16H,12-13,23H2,1-4H3. The Balaban J connectivity index is 1.90. The number of fused-ring (bicyclic) bond motifs is 1. The maximum atomic E-state index is 6.40. The molecule has 3 aromatic rings. The van der Waals surface area contributed by atoms with Gasteiger partial charge in [0.05, 0.1) is 0 Å². The fraction of sp³-hybridized carbons (Fsp3) is 0.364. The van der Waals surface area contributed by atoms with Crippen LogP contribution in [-0.4, -0.2) is 23.1 Å². The molecule has 5 nitrogen and oxygen atoms in total. The molecular formula is C22H28N4O. The summed E-state index contributed by atoms with van der Waals surface area (Å²) in [5, 5.41) is 2.28. The molecule has 0 bridgehead atoms. The minimum absolute atomic E-state index is 0.396. The van der Waals surface area contributed by atoms with E-state index >= 15 is 0 Å². The Bertz CT molecular complexity index is 898. The van der Waals surface area contributed by atoms with E-state index < -0.39 is 0 Å². The Labute approximate surface area is 161 Å². The first kappa shape index (κ1) is 19.0. The van der Waals surface area contributed by atoms with Crippen LogP contribution in [0, 0.1) is 11.8 Å². The average molecular weight is 364 g/mol. The minimum atomic E-state index is 0.396.